The minimum absolute atomic E-state index is 0.111. The number of thioether (sulfide) groups is 1. The molecule has 5 heteroatoms. The number of nitrogens with one attached hydrogen (secondary N) is 1. The Morgan fingerprint density at radius 1 is 1.42 bits per heavy atom. The Kier molecular flexibility index (Phi) is 4.85. The quantitative estimate of drug-likeness (QED) is 0.824. The second-order valence-corrected chi connectivity index (χ2v) is 5.30. The summed E-state index contributed by atoms with van der Waals surface area (Å²) in [5.41, 5.74) is 2.20. The molecular formula is C14H19N3OS. The number of para-hydroxylation sites is 2. The molecule has 0 bridgehead atoms. The van der Waals surface area contributed by atoms with Crippen molar-refractivity contribution >= 4 is 28.7 Å². The number of aryl methyl sites for hydroxylation is 2. The number of aromatic nitrogens is 2. The molecule has 0 aliphatic heterocycles. The van der Waals surface area contributed by atoms with E-state index in [2.05, 4.69) is 20.9 Å². The summed E-state index contributed by atoms with van der Waals surface area (Å²) in [6.45, 7) is 3.61. The van der Waals surface area contributed by atoms with Crippen LogP contribution < -0.4 is 5.32 Å². The van der Waals surface area contributed by atoms with Crippen molar-refractivity contribution in [3.05, 3.63) is 30.1 Å². The summed E-state index contributed by atoms with van der Waals surface area (Å²) < 4.78 is 2.20. The van der Waals surface area contributed by atoms with E-state index < -0.39 is 0 Å². The highest BCUT2D eigenvalue weighted by atomic mass is 32.2. The molecule has 2 aromatic rings. The standard InChI is InChI=1S/C14H19N3OS/c1-11-16-12-6-3-4-7-13(12)17(11)9-5-8-15-14(18)10-19-2/h3-4,6-7H,5,8-10H2,1-2H3,(H,15,18). The molecule has 1 N–H and O–H groups in total. The maximum absolute atomic E-state index is 11.3. The normalized spacial score (nSPS) is 10.8. The molecule has 1 aromatic carbocycles. The third-order valence-corrected chi connectivity index (χ3v) is 3.55. The fourth-order valence-electron chi connectivity index (χ4n) is 2.13. The monoisotopic (exact) mass is 277 g/mol. The van der Waals surface area contributed by atoms with Gasteiger partial charge in [-0.05, 0) is 31.7 Å². The first kappa shape index (κ1) is 13.9. The lowest BCUT2D eigenvalue weighted by Gasteiger charge is -2.07. The first-order valence-corrected chi connectivity index (χ1v) is 7.79. The molecule has 19 heavy (non-hydrogen) atoms. The predicted octanol–water partition coefficient (Wildman–Crippen LogP) is 2.21. The van der Waals surface area contributed by atoms with Crippen molar-refractivity contribution in [2.24, 2.45) is 0 Å². The van der Waals surface area contributed by atoms with E-state index >= 15 is 0 Å². The average Bonchev–Trinajstić information content (AvgIpc) is 2.71. The minimum atomic E-state index is 0.111. The van der Waals surface area contributed by atoms with Gasteiger partial charge in [0.25, 0.3) is 0 Å². The van der Waals surface area contributed by atoms with Gasteiger partial charge in [-0.15, -0.1) is 0 Å². The lowest BCUT2D eigenvalue weighted by molar-refractivity contribution is -0.118. The highest BCUT2D eigenvalue weighted by Crippen LogP contribution is 2.15. The predicted molar refractivity (Wildman–Crippen MR) is 80.5 cm³/mol. The van der Waals surface area contributed by atoms with Crippen LogP contribution in [-0.4, -0.2) is 34.0 Å². The second-order valence-electron chi connectivity index (χ2n) is 4.44. The molecule has 0 saturated heterocycles. The molecule has 0 unspecified atom stereocenters. The Morgan fingerprint density at radius 2 is 2.21 bits per heavy atom. The van der Waals surface area contributed by atoms with E-state index in [9.17, 15) is 4.79 Å². The van der Waals surface area contributed by atoms with Gasteiger partial charge in [0.2, 0.25) is 5.91 Å². The summed E-state index contributed by atoms with van der Waals surface area (Å²) in [5, 5.41) is 2.92. The van der Waals surface area contributed by atoms with Gasteiger partial charge in [0.05, 0.1) is 16.8 Å². The highest BCUT2D eigenvalue weighted by Gasteiger charge is 2.06. The molecule has 102 valence electrons. The van der Waals surface area contributed by atoms with Gasteiger partial charge in [-0.2, -0.15) is 11.8 Å². The zero-order valence-corrected chi connectivity index (χ0v) is 12.2. The summed E-state index contributed by atoms with van der Waals surface area (Å²) in [4.78, 5) is 15.9. The number of benzene rings is 1. The van der Waals surface area contributed by atoms with Crippen LogP contribution in [0, 0.1) is 6.92 Å². The Balaban J connectivity index is 1.91. The molecule has 0 aliphatic rings. The molecule has 0 aliphatic carbocycles. The van der Waals surface area contributed by atoms with E-state index in [-0.39, 0.29) is 5.91 Å². The maximum atomic E-state index is 11.3. The van der Waals surface area contributed by atoms with E-state index in [4.69, 9.17) is 0 Å². The number of hydrogen-bond donors (Lipinski definition) is 1. The Morgan fingerprint density at radius 3 is 3.00 bits per heavy atom. The number of amides is 1. The van der Waals surface area contributed by atoms with Gasteiger partial charge in [-0.1, -0.05) is 12.1 Å². The van der Waals surface area contributed by atoms with Crippen molar-refractivity contribution in [1.82, 2.24) is 14.9 Å². The number of hydrogen-bond acceptors (Lipinski definition) is 3. The topological polar surface area (TPSA) is 46.9 Å². The van der Waals surface area contributed by atoms with Crippen molar-refractivity contribution in [3.8, 4) is 0 Å². The molecule has 1 aromatic heterocycles. The van der Waals surface area contributed by atoms with Gasteiger partial charge in [0.1, 0.15) is 5.82 Å². The molecule has 0 fully saturated rings. The number of carbonyl (C=O) groups excluding carboxylic acids is 1. The van der Waals surface area contributed by atoms with Crippen LogP contribution in [-0.2, 0) is 11.3 Å². The maximum Gasteiger partial charge on any atom is 0.229 e. The number of fused-ring (bicyclic) bond motifs is 1. The number of carbonyl (C=O) groups is 1. The molecule has 2 rings (SSSR count). The zero-order valence-electron chi connectivity index (χ0n) is 11.3. The number of nitrogens with zero attached hydrogens (tertiary/aromatic N) is 2. The third kappa shape index (κ3) is 3.50. The van der Waals surface area contributed by atoms with Gasteiger partial charge >= 0.3 is 0 Å². The molecule has 0 radical (unpaired) electrons. The zero-order chi connectivity index (χ0) is 13.7. The first-order valence-electron chi connectivity index (χ1n) is 6.40. The van der Waals surface area contributed by atoms with E-state index in [1.165, 1.54) is 0 Å². The van der Waals surface area contributed by atoms with Crippen molar-refractivity contribution in [2.75, 3.05) is 18.6 Å². The largest absolute Gasteiger partial charge is 0.355 e. The van der Waals surface area contributed by atoms with Gasteiger partial charge in [0, 0.05) is 13.1 Å². The smallest absolute Gasteiger partial charge is 0.229 e. The van der Waals surface area contributed by atoms with Gasteiger partial charge in [-0.25, -0.2) is 4.98 Å². The summed E-state index contributed by atoms with van der Waals surface area (Å²) in [5.74, 6) is 1.67. The summed E-state index contributed by atoms with van der Waals surface area (Å²) in [7, 11) is 0. The highest BCUT2D eigenvalue weighted by molar-refractivity contribution is 7.99. The van der Waals surface area contributed by atoms with Gasteiger partial charge in [0.15, 0.2) is 0 Å². The molecule has 0 spiro atoms. The Labute approximate surface area is 117 Å². The average molecular weight is 277 g/mol. The fourth-order valence-corrected chi connectivity index (χ4v) is 2.49. The van der Waals surface area contributed by atoms with Crippen LogP contribution >= 0.6 is 11.8 Å². The lowest BCUT2D eigenvalue weighted by atomic mass is 10.3. The Hall–Kier alpha value is -1.49. The van der Waals surface area contributed by atoms with Crippen LogP contribution in [0.15, 0.2) is 24.3 Å². The SMILES string of the molecule is CSCC(=O)NCCCn1c(C)nc2ccccc21. The molecular weight excluding hydrogens is 258 g/mol. The van der Waals surface area contributed by atoms with Crippen molar-refractivity contribution in [2.45, 2.75) is 19.9 Å². The van der Waals surface area contributed by atoms with E-state index in [0.29, 0.717) is 12.3 Å². The summed E-state index contributed by atoms with van der Waals surface area (Å²) in [6.07, 6.45) is 2.85. The van der Waals surface area contributed by atoms with Crippen LogP contribution in [0.2, 0.25) is 0 Å². The Bertz CT molecular complexity index is 565. The van der Waals surface area contributed by atoms with Gasteiger partial charge < -0.3 is 9.88 Å². The third-order valence-electron chi connectivity index (χ3n) is 3.00. The fraction of sp³-hybridized carbons (Fsp3) is 0.429. The van der Waals surface area contributed by atoms with Crippen LogP contribution in [0.4, 0.5) is 0 Å². The second kappa shape index (κ2) is 6.61. The van der Waals surface area contributed by atoms with E-state index in [0.717, 1.165) is 29.8 Å². The molecule has 1 heterocycles. The van der Waals surface area contributed by atoms with Crippen LogP contribution in [0.25, 0.3) is 11.0 Å². The molecule has 4 nitrogen and oxygen atoms in total. The van der Waals surface area contributed by atoms with E-state index in [1.54, 1.807) is 11.8 Å². The van der Waals surface area contributed by atoms with E-state index in [1.807, 2.05) is 31.4 Å². The number of imidazole rings is 1. The van der Waals surface area contributed by atoms with Crippen LogP contribution in [0.3, 0.4) is 0 Å². The summed E-state index contributed by atoms with van der Waals surface area (Å²) >= 11 is 1.54. The van der Waals surface area contributed by atoms with Crippen molar-refractivity contribution in [3.63, 3.8) is 0 Å². The lowest BCUT2D eigenvalue weighted by Crippen LogP contribution is -2.26. The first-order chi connectivity index (χ1) is 9.22. The number of rotatable bonds is 6. The minimum Gasteiger partial charge on any atom is -0.355 e. The van der Waals surface area contributed by atoms with Gasteiger partial charge in [-0.3, -0.25) is 4.79 Å². The van der Waals surface area contributed by atoms with Crippen LogP contribution in [0.1, 0.15) is 12.2 Å². The molecule has 0 atom stereocenters. The summed E-state index contributed by atoms with van der Waals surface area (Å²) in [6, 6.07) is 8.14. The molecule has 0 saturated carbocycles. The van der Waals surface area contributed by atoms with Crippen molar-refractivity contribution < 1.29 is 4.79 Å². The van der Waals surface area contributed by atoms with Crippen LogP contribution in [0.5, 0.6) is 0 Å². The molecule has 1 amide bonds. The van der Waals surface area contributed by atoms with Crippen molar-refractivity contribution in [1.29, 1.82) is 0 Å².